The molecule has 0 aliphatic carbocycles. The molecule has 2 aromatic rings. The molecule has 0 spiro atoms. The smallest absolute Gasteiger partial charge is 0.244 e. The SMILES string of the molecule is CC[C@@H](C)NC(=O)[C@H](C)N(Cc1ccccc1C)C(=O)CN(c1cccc(C)c1)S(C)(=O)=O. The molecular formula is C25H35N3O4S. The number of rotatable bonds is 10. The van der Waals surface area contributed by atoms with Crippen LogP contribution in [0, 0.1) is 13.8 Å². The maximum Gasteiger partial charge on any atom is 0.244 e. The molecule has 180 valence electrons. The molecular weight excluding hydrogens is 438 g/mol. The van der Waals surface area contributed by atoms with Gasteiger partial charge in [-0.15, -0.1) is 0 Å². The van der Waals surface area contributed by atoms with E-state index in [-0.39, 0.29) is 18.5 Å². The van der Waals surface area contributed by atoms with Gasteiger partial charge in [-0.1, -0.05) is 43.3 Å². The van der Waals surface area contributed by atoms with Crippen molar-refractivity contribution in [3.8, 4) is 0 Å². The topological polar surface area (TPSA) is 86.8 Å². The Bertz CT molecular complexity index is 1080. The fourth-order valence-electron chi connectivity index (χ4n) is 3.42. The first-order valence-corrected chi connectivity index (χ1v) is 13.0. The Kier molecular flexibility index (Phi) is 9.05. The fourth-order valence-corrected chi connectivity index (χ4v) is 4.26. The lowest BCUT2D eigenvalue weighted by Crippen LogP contribution is -2.52. The maximum absolute atomic E-state index is 13.5. The van der Waals surface area contributed by atoms with Gasteiger partial charge in [0, 0.05) is 12.6 Å². The van der Waals surface area contributed by atoms with E-state index < -0.39 is 28.5 Å². The molecule has 33 heavy (non-hydrogen) atoms. The first-order valence-electron chi connectivity index (χ1n) is 11.1. The summed E-state index contributed by atoms with van der Waals surface area (Å²) in [5.41, 5.74) is 3.18. The molecule has 1 N–H and O–H groups in total. The maximum atomic E-state index is 13.5. The van der Waals surface area contributed by atoms with Crippen LogP contribution in [0.5, 0.6) is 0 Å². The largest absolute Gasteiger partial charge is 0.352 e. The molecule has 0 radical (unpaired) electrons. The molecule has 2 aromatic carbocycles. The van der Waals surface area contributed by atoms with Crippen LogP contribution in [0.3, 0.4) is 0 Å². The molecule has 0 saturated carbocycles. The molecule has 7 nitrogen and oxygen atoms in total. The number of aryl methyl sites for hydroxylation is 2. The summed E-state index contributed by atoms with van der Waals surface area (Å²) in [6.07, 6.45) is 1.84. The van der Waals surface area contributed by atoms with Crippen molar-refractivity contribution >= 4 is 27.5 Å². The van der Waals surface area contributed by atoms with Crippen LogP contribution in [-0.2, 0) is 26.2 Å². The number of hydrogen-bond donors (Lipinski definition) is 1. The van der Waals surface area contributed by atoms with Gasteiger partial charge in [-0.25, -0.2) is 8.42 Å². The van der Waals surface area contributed by atoms with Crippen molar-refractivity contribution in [2.24, 2.45) is 0 Å². The van der Waals surface area contributed by atoms with Crippen LogP contribution >= 0.6 is 0 Å². The Hall–Kier alpha value is -2.87. The second-order valence-corrected chi connectivity index (χ2v) is 10.5. The van der Waals surface area contributed by atoms with E-state index in [1.54, 1.807) is 25.1 Å². The van der Waals surface area contributed by atoms with Gasteiger partial charge in [-0.2, -0.15) is 0 Å². The van der Waals surface area contributed by atoms with Crippen molar-refractivity contribution in [2.75, 3.05) is 17.1 Å². The highest BCUT2D eigenvalue weighted by Gasteiger charge is 2.30. The van der Waals surface area contributed by atoms with Gasteiger partial charge in [-0.3, -0.25) is 13.9 Å². The Morgan fingerprint density at radius 3 is 2.27 bits per heavy atom. The van der Waals surface area contributed by atoms with E-state index in [1.807, 2.05) is 58.0 Å². The molecule has 0 fully saturated rings. The zero-order valence-corrected chi connectivity index (χ0v) is 21.1. The molecule has 0 unspecified atom stereocenters. The third-order valence-corrected chi connectivity index (χ3v) is 6.88. The monoisotopic (exact) mass is 473 g/mol. The van der Waals surface area contributed by atoms with E-state index in [4.69, 9.17) is 0 Å². The predicted molar refractivity (Wildman–Crippen MR) is 132 cm³/mol. The lowest BCUT2D eigenvalue weighted by atomic mass is 10.1. The minimum absolute atomic E-state index is 0.0322. The second-order valence-electron chi connectivity index (χ2n) is 8.55. The molecule has 0 heterocycles. The molecule has 0 aromatic heterocycles. The van der Waals surface area contributed by atoms with Gasteiger partial charge >= 0.3 is 0 Å². The van der Waals surface area contributed by atoms with Gasteiger partial charge in [0.25, 0.3) is 0 Å². The first-order chi connectivity index (χ1) is 15.4. The quantitative estimate of drug-likeness (QED) is 0.573. The van der Waals surface area contributed by atoms with Gasteiger partial charge < -0.3 is 10.2 Å². The van der Waals surface area contributed by atoms with Gasteiger partial charge in [0.2, 0.25) is 21.8 Å². The number of benzene rings is 2. The van der Waals surface area contributed by atoms with E-state index in [2.05, 4.69) is 5.32 Å². The van der Waals surface area contributed by atoms with E-state index in [0.717, 1.165) is 33.7 Å². The van der Waals surface area contributed by atoms with Gasteiger partial charge in [0.15, 0.2) is 0 Å². The summed E-state index contributed by atoms with van der Waals surface area (Å²) in [5, 5.41) is 2.92. The van der Waals surface area contributed by atoms with E-state index >= 15 is 0 Å². The number of nitrogens with zero attached hydrogens (tertiary/aromatic N) is 2. The molecule has 2 atom stereocenters. The highest BCUT2D eigenvalue weighted by atomic mass is 32.2. The van der Waals surface area contributed by atoms with Crippen molar-refractivity contribution < 1.29 is 18.0 Å². The summed E-state index contributed by atoms with van der Waals surface area (Å²) < 4.78 is 26.2. The van der Waals surface area contributed by atoms with E-state index in [0.29, 0.717) is 5.69 Å². The fraction of sp³-hybridized carbons (Fsp3) is 0.440. The van der Waals surface area contributed by atoms with Gasteiger partial charge in [0.1, 0.15) is 12.6 Å². The van der Waals surface area contributed by atoms with Crippen LogP contribution in [0.2, 0.25) is 0 Å². The van der Waals surface area contributed by atoms with E-state index in [9.17, 15) is 18.0 Å². The molecule has 0 saturated heterocycles. The second kappa shape index (κ2) is 11.3. The van der Waals surface area contributed by atoms with Crippen molar-refractivity contribution in [3.63, 3.8) is 0 Å². The number of anilines is 1. The Labute approximate surface area is 197 Å². The number of hydrogen-bond acceptors (Lipinski definition) is 4. The van der Waals surface area contributed by atoms with Crippen LogP contribution in [0.15, 0.2) is 48.5 Å². The summed E-state index contributed by atoms with van der Waals surface area (Å²) in [6, 6.07) is 13.8. The minimum Gasteiger partial charge on any atom is -0.352 e. The molecule has 2 rings (SSSR count). The predicted octanol–water partition coefficient (Wildman–Crippen LogP) is 3.40. The summed E-state index contributed by atoms with van der Waals surface area (Å²) in [5.74, 6) is -0.718. The van der Waals surface area contributed by atoms with Crippen LogP contribution in [0.1, 0.15) is 43.9 Å². The highest BCUT2D eigenvalue weighted by molar-refractivity contribution is 7.92. The zero-order chi connectivity index (χ0) is 24.8. The van der Waals surface area contributed by atoms with Crippen LogP contribution < -0.4 is 9.62 Å². The van der Waals surface area contributed by atoms with Crippen molar-refractivity contribution in [2.45, 2.75) is 59.7 Å². The lowest BCUT2D eigenvalue weighted by molar-refractivity contribution is -0.139. The van der Waals surface area contributed by atoms with Gasteiger partial charge in [0.05, 0.1) is 11.9 Å². The average molecular weight is 474 g/mol. The molecule has 2 amide bonds. The third kappa shape index (κ3) is 7.32. The highest BCUT2D eigenvalue weighted by Crippen LogP contribution is 2.20. The number of nitrogens with one attached hydrogen (secondary N) is 1. The third-order valence-electron chi connectivity index (χ3n) is 5.74. The standard InChI is InChI=1S/C25H35N3O4S/c1-7-20(4)26-25(30)21(5)27(16-22-13-9-8-12-19(22)3)24(29)17-28(33(6,31)32)23-14-10-11-18(2)15-23/h8-15,20-21H,7,16-17H2,1-6H3,(H,26,30)/t20-,21+/m1/s1. The molecule has 0 bridgehead atoms. The molecule has 8 heteroatoms. The van der Waals surface area contributed by atoms with Gasteiger partial charge in [-0.05, 0) is 62.9 Å². The van der Waals surface area contributed by atoms with Crippen LogP contribution in [0.25, 0.3) is 0 Å². The van der Waals surface area contributed by atoms with Crippen molar-refractivity contribution in [1.82, 2.24) is 10.2 Å². The molecule has 0 aliphatic rings. The summed E-state index contributed by atoms with van der Waals surface area (Å²) in [4.78, 5) is 27.9. The normalized spacial score (nSPS) is 13.2. The zero-order valence-electron chi connectivity index (χ0n) is 20.3. The van der Waals surface area contributed by atoms with Crippen LogP contribution in [0.4, 0.5) is 5.69 Å². The minimum atomic E-state index is -3.73. The lowest BCUT2D eigenvalue weighted by Gasteiger charge is -2.32. The Balaban J connectivity index is 2.40. The number of sulfonamides is 1. The van der Waals surface area contributed by atoms with E-state index in [1.165, 1.54) is 4.90 Å². The average Bonchev–Trinajstić information content (AvgIpc) is 2.75. The van der Waals surface area contributed by atoms with Crippen LogP contribution in [-0.4, -0.2) is 50.0 Å². The summed E-state index contributed by atoms with van der Waals surface area (Å²) in [6.45, 7) is 9.15. The summed E-state index contributed by atoms with van der Waals surface area (Å²) >= 11 is 0. The first kappa shape index (κ1) is 26.4. The number of carbonyl (C=O) groups excluding carboxylic acids is 2. The van der Waals surface area contributed by atoms with Crippen molar-refractivity contribution in [3.05, 3.63) is 65.2 Å². The summed E-state index contributed by atoms with van der Waals surface area (Å²) in [7, 11) is -3.73. The Morgan fingerprint density at radius 2 is 1.70 bits per heavy atom. The Morgan fingerprint density at radius 1 is 1.03 bits per heavy atom. The number of amides is 2. The van der Waals surface area contributed by atoms with Crippen molar-refractivity contribution in [1.29, 1.82) is 0 Å². The number of carbonyl (C=O) groups is 2. The molecule has 0 aliphatic heterocycles.